The molecular formula is C13H27N3O2. The van der Waals surface area contributed by atoms with Crippen LogP contribution in [-0.4, -0.2) is 60.8 Å². The van der Waals surface area contributed by atoms with E-state index in [-0.39, 0.29) is 6.09 Å². The molecule has 1 fully saturated rings. The lowest BCUT2D eigenvalue weighted by Gasteiger charge is -2.35. The van der Waals surface area contributed by atoms with Gasteiger partial charge in [0.05, 0.1) is 0 Å². The number of carbonyl (C=O) groups excluding carboxylic acids is 1. The molecule has 0 unspecified atom stereocenters. The highest BCUT2D eigenvalue weighted by Gasteiger charge is 2.25. The highest BCUT2D eigenvalue weighted by Crippen LogP contribution is 2.12. The number of hydrogen-bond acceptors (Lipinski definition) is 4. The van der Waals surface area contributed by atoms with E-state index in [9.17, 15) is 4.79 Å². The van der Waals surface area contributed by atoms with Crippen LogP contribution in [0.3, 0.4) is 0 Å². The van der Waals surface area contributed by atoms with Crippen LogP contribution >= 0.6 is 0 Å². The van der Waals surface area contributed by atoms with Crippen molar-refractivity contribution in [2.45, 2.75) is 39.2 Å². The molecule has 18 heavy (non-hydrogen) atoms. The lowest BCUT2D eigenvalue weighted by atomic mass is 10.2. The molecule has 0 atom stereocenters. The maximum absolute atomic E-state index is 11.8. The Morgan fingerprint density at radius 1 is 1.17 bits per heavy atom. The number of piperazine rings is 1. The van der Waals surface area contributed by atoms with Crippen molar-refractivity contribution in [2.24, 2.45) is 5.73 Å². The van der Waals surface area contributed by atoms with Gasteiger partial charge in [0.2, 0.25) is 0 Å². The van der Waals surface area contributed by atoms with Crippen molar-refractivity contribution in [2.75, 3.05) is 39.3 Å². The summed E-state index contributed by atoms with van der Waals surface area (Å²) in [5, 5.41) is 0. The Hall–Kier alpha value is -0.810. The Morgan fingerprint density at radius 3 is 2.28 bits per heavy atom. The van der Waals surface area contributed by atoms with Crippen molar-refractivity contribution in [1.29, 1.82) is 0 Å². The number of nitrogens with zero attached hydrogens (tertiary/aromatic N) is 2. The molecule has 0 aromatic rings. The molecule has 106 valence electrons. The van der Waals surface area contributed by atoms with Crippen LogP contribution in [0.25, 0.3) is 0 Å². The lowest BCUT2D eigenvalue weighted by Crippen LogP contribution is -2.50. The van der Waals surface area contributed by atoms with Crippen LogP contribution < -0.4 is 5.73 Å². The Bertz CT molecular complexity index is 255. The molecule has 0 aromatic carbocycles. The van der Waals surface area contributed by atoms with Crippen LogP contribution in [-0.2, 0) is 4.74 Å². The van der Waals surface area contributed by atoms with E-state index in [0.29, 0.717) is 0 Å². The van der Waals surface area contributed by atoms with Gasteiger partial charge in [-0.05, 0) is 46.7 Å². The average molecular weight is 257 g/mol. The van der Waals surface area contributed by atoms with Gasteiger partial charge >= 0.3 is 6.09 Å². The van der Waals surface area contributed by atoms with E-state index >= 15 is 0 Å². The first-order valence-electron chi connectivity index (χ1n) is 6.83. The first kappa shape index (κ1) is 15.2. The van der Waals surface area contributed by atoms with Crippen LogP contribution in [0.15, 0.2) is 0 Å². The van der Waals surface area contributed by atoms with E-state index in [1.807, 2.05) is 20.8 Å². The highest BCUT2D eigenvalue weighted by molar-refractivity contribution is 5.68. The van der Waals surface area contributed by atoms with Crippen LogP contribution in [0.1, 0.15) is 33.6 Å². The molecule has 0 bridgehead atoms. The van der Waals surface area contributed by atoms with Crippen LogP contribution in [0.5, 0.6) is 0 Å². The summed E-state index contributed by atoms with van der Waals surface area (Å²) in [5.74, 6) is 0. The van der Waals surface area contributed by atoms with Gasteiger partial charge < -0.3 is 15.4 Å². The summed E-state index contributed by atoms with van der Waals surface area (Å²) in [7, 11) is 0. The number of carbonyl (C=O) groups is 1. The van der Waals surface area contributed by atoms with Gasteiger partial charge in [-0.3, -0.25) is 4.90 Å². The monoisotopic (exact) mass is 257 g/mol. The Kier molecular flexibility index (Phi) is 5.88. The van der Waals surface area contributed by atoms with Gasteiger partial charge in [0, 0.05) is 26.2 Å². The van der Waals surface area contributed by atoms with E-state index in [1.165, 1.54) is 0 Å². The van der Waals surface area contributed by atoms with Gasteiger partial charge in [-0.25, -0.2) is 4.79 Å². The third-order valence-corrected chi connectivity index (χ3v) is 2.95. The smallest absolute Gasteiger partial charge is 0.410 e. The van der Waals surface area contributed by atoms with Gasteiger partial charge in [0.15, 0.2) is 0 Å². The Morgan fingerprint density at radius 2 is 1.78 bits per heavy atom. The van der Waals surface area contributed by atoms with E-state index in [0.717, 1.165) is 52.1 Å². The minimum absolute atomic E-state index is 0.191. The van der Waals surface area contributed by atoms with Crippen LogP contribution in [0.2, 0.25) is 0 Å². The number of amides is 1. The maximum atomic E-state index is 11.8. The molecule has 1 rings (SSSR count). The first-order valence-corrected chi connectivity index (χ1v) is 6.83. The number of nitrogens with two attached hydrogens (primary N) is 1. The first-order chi connectivity index (χ1) is 8.42. The summed E-state index contributed by atoms with van der Waals surface area (Å²) >= 11 is 0. The van der Waals surface area contributed by atoms with Gasteiger partial charge in [0.1, 0.15) is 5.60 Å². The molecule has 0 aliphatic carbocycles. The molecular weight excluding hydrogens is 230 g/mol. The van der Waals surface area contributed by atoms with Crippen molar-refractivity contribution in [1.82, 2.24) is 9.80 Å². The Labute approximate surface area is 110 Å². The molecule has 1 aliphatic rings. The molecule has 1 aliphatic heterocycles. The fourth-order valence-corrected chi connectivity index (χ4v) is 1.96. The summed E-state index contributed by atoms with van der Waals surface area (Å²) in [6.45, 7) is 10.9. The lowest BCUT2D eigenvalue weighted by molar-refractivity contribution is 0.0144. The molecule has 1 saturated heterocycles. The molecule has 5 heteroatoms. The minimum atomic E-state index is -0.407. The topological polar surface area (TPSA) is 58.8 Å². The zero-order valence-electron chi connectivity index (χ0n) is 11.9. The van der Waals surface area contributed by atoms with E-state index in [1.54, 1.807) is 4.90 Å². The van der Waals surface area contributed by atoms with Crippen molar-refractivity contribution in [3.05, 3.63) is 0 Å². The minimum Gasteiger partial charge on any atom is -0.444 e. The van der Waals surface area contributed by atoms with Gasteiger partial charge in [-0.1, -0.05) is 0 Å². The van der Waals surface area contributed by atoms with Gasteiger partial charge in [-0.15, -0.1) is 0 Å². The third kappa shape index (κ3) is 5.69. The third-order valence-electron chi connectivity index (χ3n) is 2.95. The molecule has 2 N–H and O–H groups in total. The average Bonchev–Trinajstić information content (AvgIpc) is 2.28. The molecule has 1 amide bonds. The molecule has 0 aromatic heterocycles. The van der Waals surface area contributed by atoms with Gasteiger partial charge in [-0.2, -0.15) is 0 Å². The maximum Gasteiger partial charge on any atom is 0.410 e. The largest absolute Gasteiger partial charge is 0.444 e. The zero-order chi connectivity index (χ0) is 13.6. The highest BCUT2D eigenvalue weighted by atomic mass is 16.6. The quantitative estimate of drug-likeness (QED) is 0.771. The Balaban J connectivity index is 2.24. The standard InChI is InChI=1S/C13H27N3O2/c1-13(2,3)18-12(17)16-10-8-15(9-11-16)7-5-4-6-14/h4-11,14H2,1-3H3. The van der Waals surface area contributed by atoms with Crippen molar-refractivity contribution in [3.8, 4) is 0 Å². The second kappa shape index (κ2) is 6.95. The van der Waals surface area contributed by atoms with Crippen molar-refractivity contribution >= 4 is 6.09 Å². The second-order valence-corrected chi connectivity index (χ2v) is 5.80. The predicted molar refractivity (Wildman–Crippen MR) is 72.5 cm³/mol. The molecule has 0 spiro atoms. The number of rotatable bonds is 4. The summed E-state index contributed by atoms with van der Waals surface area (Å²) < 4.78 is 5.36. The fraction of sp³-hybridized carbons (Fsp3) is 0.923. The summed E-state index contributed by atoms with van der Waals surface area (Å²) in [4.78, 5) is 16.0. The van der Waals surface area contributed by atoms with E-state index in [4.69, 9.17) is 10.5 Å². The normalized spacial score (nSPS) is 17.9. The second-order valence-electron chi connectivity index (χ2n) is 5.80. The van der Waals surface area contributed by atoms with Crippen molar-refractivity contribution in [3.63, 3.8) is 0 Å². The molecule has 5 nitrogen and oxygen atoms in total. The summed E-state index contributed by atoms with van der Waals surface area (Å²) in [5.41, 5.74) is 5.07. The molecule has 0 radical (unpaired) electrons. The van der Waals surface area contributed by atoms with Crippen molar-refractivity contribution < 1.29 is 9.53 Å². The zero-order valence-corrected chi connectivity index (χ0v) is 11.9. The summed E-state index contributed by atoms with van der Waals surface area (Å²) in [6, 6.07) is 0. The number of hydrogen-bond donors (Lipinski definition) is 1. The molecule has 1 heterocycles. The van der Waals surface area contributed by atoms with E-state index in [2.05, 4.69) is 4.90 Å². The summed E-state index contributed by atoms with van der Waals surface area (Å²) in [6.07, 6.45) is 2.03. The fourth-order valence-electron chi connectivity index (χ4n) is 1.96. The molecule has 0 saturated carbocycles. The van der Waals surface area contributed by atoms with Crippen LogP contribution in [0.4, 0.5) is 4.79 Å². The number of unbranched alkanes of at least 4 members (excludes halogenated alkanes) is 1. The van der Waals surface area contributed by atoms with Crippen LogP contribution in [0, 0.1) is 0 Å². The predicted octanol–water partition coefficient (Wildman–Crippen LogP) is 1.28. The van der Waals surface area contributed by atoms with Gasteiger partial charge in [0.25, 0.3) is 0 Å². The SMILES string of the molecule is CC(C)(C)OC(=O)N1CCN(CCCCN)CC1. The number of ether oxygens (including phenoxy) is 1. The van der Waals surface area contributed by atoms with E-state index < -0.39 is 5.60 Å².